The normalized spacial score (nSPS) is 13.9. The number of carbonyl (C=O) groups is 1. The molecule has 4 rings (SSSR count). The molecule has 3 aromatic rings. The van der Waals surface area contributed by atoms with E-state index < -0.39 is 0 Å². The molecule has 7 heteroatoms. The van der Waals surface area contributed by atoms with Gasteiger partial charge in [-0.15, -0.1) is 0 Å². The average Bonchev–Trinajstić information content (AvgIpc) is 3.28. The van der Waals surface area contributed by atoms with E-state index in [9.17, 15) is 4.79 Å². The third-order valence-corrected chi connectivity index (χ3v) is 3.57. The summed E-state index contributed by atoms with van der Waals surface area (Å²) in [4.78, 5) is 19.9. The Morgan fingerprint density at radius 1 is 1.26 bits per heavy atom. The summed E-state index contributed by atoms with van der Waals surface area (Å²) in [7, 11) is 0. The summed E-state index contributed by atoms with van der Waals surface area (Å²) in [6.07, 6.45) is 3.40. The van der Waals surface area contributed by atoms with Crippen LogP contribution in [0.25, 0.3) is 22.4 Å². The maximum absolute atomic E-state index is 11.8. The van der Waals surface area contributed by atoms with Crippen molar-refractivity contribution in [3.63, 3.8) is 0 Å². The minimum atomic E-state index is -0.156. The van der Waals surface area contributed by atoms with Crippen molar-refractivity contribution in [1.82, 2.24) is 20.4 Å². The number of nitrogens with one attached hydrogen (secondary N) is 1. The Balaban J connectivity index is 1.63. The Bertz CT molecular complexity index is 843. The monoisotopic (exact) mass is 310 g/mol. The molecule has 7 nitrogen and oxygen atoms in total. The molecule has 1 saturated carbocycles. The summed E-state index contributed by atoms with van der Waals surface area (Å²) in [6, 6.07) is 9.85. The minimum absolute atomic E-state index is 0.0952. The Morgan fingerprint density at radius 2 is 2.09 bits per heavy atom. The van der Waals surface area contributed by atoms with E-state index in [0.717, 1.165) is 18.4 Å². The Morgan fingerprint density at radius 3 is 2.87 bits per heavy atom. The van der Waals surface area contributed by atoms with Crippen LogP contribution >= 0.6 is 0 Å². The van der Waals surface area contributed by atoms with Gasteiger partial charge in [0, 0.05) is 11.6 Å². The molecule has 1 aromatic carbocycles. The molecule has 2 aromatic heterocycles. The SMILES string of the molecule is O=C(COc1ncnc2onc(-c3ccccc3)c12)NC1CC1. The lowest BCUT2D eigenvalue weighted by Gasteiger charge is -2.06. The lowest BCUT2D eigenvalue weighted by molar-refractivity contribution is -0.123. The molecular formula is C16H14N4O3. The molecule has 0 saturated heterocycles. The Hall–Kier alpha value is -2.96. The van der Waals surface area contributed by atoms with E-state index in [-0.39, 0.29) is 12.5 Å². The molecule has 2 heterocycles. The predicted molar refractivity (Wildman–Crippen MR) is 81.7 cm³/mol. The second kappa shape index (κ2) is 5.68. The summed E-state index contributed by atoms with van der Waals surface area (Å²) in [5, 5.41) is 7.49. The van der Waals surface area contributed by atoms with Gasteiger partial charge in [0.1, 0.15) is 17.4 Å². The van der Waals surface area contributed by atoms with Gasteiger partial charge >= 0.3 is 0 Å². The van der Waals surface area contributed by atoms with Crippen LogP contribution in [-0.4, -0.2) is 33.7 Å². The summed E-state index contributed by atoms with van der Waals surface area (Å²) in [5.74, 6) is 0.137. The third kappa shape index (κ3) is 2.85. The fourth-order valence-electron chi connectivity index (χ4n) is 2.29. The molecule has 1 aliphatic carbocycles. The maximum atomic E-state index is 11.8. The van der Waals surface area contributed by atoms with Crippen LogP contribution in [-0.2, 0) is 4.79 Å². The first-order chi connectivity index (χ1) is 11.3. The number of nitrogens with zero attached hydrogens (tertiary/aromatic N) is 3. The van der Waals surface area contributed by atoms with E-state index in [1.54, 1.807) is 0 Å². The maximum Gasteiger partial charge on any atom is 0.265 e. The summed E-state index contributed by atoms with van der Waals surface area (Å²) >= 11 is 0. The van der Waals surface area contributed by atoms with Crippen molar-refractivity contribution in [2.24, 2.45) is 0 Å². The fraction of sp³-hybridized carbons (Fsp3) is 0.250. The Labute approximate surface area is 131 Å². The molecule has 1 aliphatic rings. The largest absolute Gasteiger partial charge is 0.467 e. The highest BCUT2D eigenvalue weighted by molar-refractivity contribution is 5.93. The van der Waals surface area contributed by atoms with Gasteiger partial charge in [-0.3, -0.25) is 4.79 Å². The molecule has 23 heavy (non-hydrogen) atoms. The van der Waals surface area contributed by atoms with Gasteiger partial charge in [0.15, 0.2) is 6.61 Å². The predicted octanol–water partition coefficient (Wildman–Crippen LogP) is 1.94. The van der Waals surface area contributed by atoms with Crippen LogP contribution in [0.4, 0.5) is 0 Å². The van der Waals surface area contributed by atoms with Gasteiger partial charge in [-0.2, -0.15) is 4.98 Å². The van der Waals surface area contributed by atoms with Crippen LogP contribution < -0.4 is 10.1 Å². The minimum Gasteiger partial charge on any atom is -0.467 e. The highest BCUT2D eigenvalue weighted by atomic mass is 16.5. The average molecular weight is 310 g/mol. The molecule has 0 bridgehead atoms. The van der Waals surface area contributed by atoms with Crippen molar-refractivity contribution in [2.45, 2.75) is 18.9 Å². The number of benzene rings is 1. The Kier molecular flexibility index (Phi) is 3.38. The lowest BCUT2D eigenvalue weighted by atomic mass is 10.1. The van der Waals surface area contributed by atoms with Gasteiger partial charge < -0.3 is 14.6 Å². The molecule has 0 atom stereocenters. The van der Waals surface area contributed by atoms with Crippen molar-refractivity contribution < 1.29 is 14.1 Å². The van der Waals surface area contributed by atoms with Crippen LogP contribution in [0.15, 0.2) is 41.2 Å². The van der Waals surface area contributed by atoms with Crippen molar-refractivity contribution in [1.29, 1.82) is 0 Å². The topological polar surface area (TPSA) is 90.1 Å². The van der Waals surface area contributed by atoms with Crippen LogP contribution in [0.5, 0.6) is 5.88 Å². The number of carbonyl (C=O) groups excluding carboxylic acids is 1. The first-order valence-electron chi connectivity index (χ1n) is 7.39. The van der Waals surface area contributed by atoms with Gasteiger partial charge in [0.2, 0.25) is 5.88 Å². The molecule has 1 amide bonds. The highest BCUT2D eigenvalue weighted by Gasteiger charge is 2.24. The van der Waals surface area contributed by atoms with Crippen molar-refractivity contribution in [3.05, 3.63) is 36.7 Å². The summed E-state index contributed by atoms with van der Waals surface area (Å²) in [6.45, 7) is -0.0952. The van der Waals surface area contributed by atoms with E-state index in [1.165, 1.54) is 6.33 Å². The first kappa shape index (κ1) is 13.7. The summed E-state index contributed by atoms with van der Waals surface area (Å²) in [5.41, 5.74) is 1.79. The molecule has 0 radical (unpaired) electrons. The zero-order valence-corrected chi connectivity index (χ0v) is 12.2. The number of hydrogen-bond acceptors (Lipinski definition) is 6. The van der Waals surface area contributed by atoms with Crippen LogP contribution in [0.3, 0.4) is 0 Å². The quantitative estimate of drug-likeness (QED) is 0.774. The molecule has 0 spiro atoms. The number of amides is 1. The number of rotatable bonds is 5. The van der Waals surface area contributed by atoms with Crippen molar-refractivity contribution >= 4 is 17.0 Å². The second-order valence-electron chi connectivity index (χ2n) is 5.39. The molecule has 0 aliphatic heterocycles. The second-order valence-corrected chi connectivity index (χ2v) is 5.39. The van der Waals surface area contributed by atoms with Gasteiger partial charge in [-0.05, 0) is 12.8 Å². The fourth-order valence-corrected chi connectivity index (χ4v) is 2.29. The number of ether oxygens (including phenoxy) is 1. The third-order valence-electron chi connectivity index (χ3n) is 3.57. The summed E-state index contributed by atoms with van der Waals surface area (Å²) < 4.78 is 10.8. The van der Waals surface area contributed by atoms with Crippen LogP contribution in [0, 0.1) is 0 Å². The van der Waals surface area contributed by atoms with E-state index in [2.05, 4.69) is 20.4 Å². The number of hydrogen-bond donors (Lipinski definition) is 1. The van der Waals surface area contributed by atoms with Gasteiger partial charge in [-0.1, -0.05) is 35.5 Å². The van der Waals surface area contributed by atoms with Crippen LogP contribution in [0.2, 0.25) is 0 Å². The van der Waals surface area contributed by atoms with Gasteiger partial charge in [0.25, 0.3) is 11.6 Å². The zero-order chi connectivity index (χ0) is 15.6. The first-order valence-corrected chi connectivity index (χ1v) is 7.39. The molecular weight excluding hydrogens is 296 g/mol. The van der Waals surface area contributed by atoms with E-state index in [4.69, 9.17) is 9.26 Å². The van der Waals surface area contributed by atoms with Gasteiger partial charge in [0.05, 0.1) is 0 Å². The standard InChI is InChI=1S/C16H14N4O3/c21-12(19-11-6-7-11)8-22-15-13-14(10-4-2-1-3-5-10)20-23-16(13)18-9-17-15/h1-5,9,11H,6-8H2,(H,19,21). The van der Waals surface area contributed by atoms with Crippen molar-refractivity contribution in [2.75, 3.05) is 6.61 Å². The van der Waals surface area contributed by atoms with Crippen molar-refractivity contribution in [3.8, 4) is 17.1 Å². The van der Waals surface area contributed by atoms with E-state index in [0.29, 0.717) is 28.7 Å². The highest BCUT2D eigenvalue weighted by Crippen LogP contribution is 2.32. The number of fused-ring (bicyclic) bond motifs is 1. The van der Waals surface area contributed by atoms with E-state index >= 15 is 0 Å². The molecule has 1 N–H and O–H groups in total. The lowest BCUT2D eigenvalue weighted by Crippen LogP contribution is -2.30. The molecule has 0 unspecified atom stereocenters. The van der Waals surface area contributed by atoms with Crippen LogP contribution in [0.1, 0.15) is 12.8 Å². The molecule has 1 fully saturated rings. The molecule has 116 valence electrons. The van der Waals surface area contributed by atoms with E-state index in [1.807, 2.05) is 30.3 Å². The number of aromatic nitrogens is 3. The zero-order valence-electron chi connectivity index (χ0n) is 12.2. The van der Waals surface area contributed by atoms with Gasteiger partial charge in [-0.25, -0.2) is 4.98 Å². The smallest absolute Gasteiger partial charge is 0.265 e.